The Labute approximate surface area is 317 Å². The number of nitrogens with one attached hydrogen (secondary N) is 1. The number of hydrogen-bond acceptors (Lipinski definition) is 10. The van der Waals surface area contributed by atoms with Crippen LogP contribution in [0.4, 0.5) is 16.4 Å². The van der Waals surface area contributed by atoms with Gasteiger partial charge in [-0.25, -0.2) is 19.4 Å². The summed E-state index contributed by atoms with van der Waals surface area (Å²) in [7, 11) is 4.52. The molecule has 3 heterocycles. The van der Waals surface area contributed by atoms with Gasteiger partial charge in [-0.05, 0) is 68.1 Å². The molecule has 0 radical (unpaired) electrons. The van der Waals surface area contributed by atoms with E-state index in [1.54, 1.807) is 57.0 Å². The lowest BCUT2D eigenvalue weighted by molar-refractivity contribution is 0.0587. The first-order chi connectivity index (χ1) is 25.1. The van der Waals surface area contributed by atoms with Crippen LogP contribution in [-0.4, -0.2) is 63.6 Å². The fraction of sp³-hybridized carbons (Fsp3) is 0.316. The summed E-state index contributed by atoms with van der Waals surface area (Å²) < 4.78 is 19.5. The predicted molar refractivity (Wildman–Crippen MR) is 205 cm³/mol. The van der Waals surface area contributed by atoms with E-state index in [1.807, 2.05) is 50.2 Å². The molecule has 0 bridgehead atoms. The standard InChI is InChI=1S/C38H41Cl2N7O6/c1-22(2)33-31(29(21-48)44-47(33)30-18-41-36(43-34(30)52-8)45(6)37(50)53-38(3,4)5)32(24-11-13-25(39)14-12-24)42-26-17-28(40)35(49)46(20-26)19-23-9-15-27(51-7)16-10-23/h9-18,20-22,32,42H,19H2,1-8H3. The molecule has 278 valence electrons. The van der Waals surface area contributed by atoms with Crippen LogP contribution in [0.5, 0.6) is 11.6 Å². The van der Waals surface area contributed by atoms with Crippen molar-refractivity contribution in [3.63, 3.8) is 0 Å². The van der Waals surface area contributed by atoms with E-state index in [-0.39, 0.29) is 40.6 Å². The van der Waals surface area contributed by atoms with Gasteiger partial charge < -0.3 is 24.1 Å². The van der Waals surface area contributed by atoms with Crippen molar-refractivity contribution in [1.29, 1.82) is 0 Å². The molecule has 5 rings (SSSR count). The summed E-state index contributed by atoms with van der Waals surface area (Å²) in [6.07, 6.45) is 3.18. The lowest BCUT2D eigenvalue weighted by Gasteiger charge is -2.25. The number of halogens is 2. The molecule has 0 aliphatic heterocycles. The highest BCUT2D eigenvalue weighted by atomic mass is 35.5. The zero-order valence-electron chi connectivity index (χ0n) is 30.7. The van der Waals surface area contributed by atoms with E-state index < -0.39 is 17.7 Å². The zero-order valence-corrected chi connectivity index (χ0v) is 32.2. The molecule has 0 spiro atoms. The number of nitrogens with zero attached hydrogens (tertiary/aromatic N) is 6. The number of methoxy groups -OCH3 is 2. The Balaban J connectivity index is 1.63. The Morgan fingerprint density at radius 2 is 1.72 bits per heavy atom. The number of carbonyl (C=O) groups excluding carboxylic acids is 2. The molecule has 2 aromatic carbocycles. The number of ether oxygens (including phenoxy) is 3. The number of pyridine rings is 1. The predicted octanol–water partition coefficient (Wildman–Crippen LogP) is 7.71. The Bertz CT molecular complexity index is 2160. The molecular formula is C38H41Cl2N7O6. The van der Waals surface area contributed by atoms with Gasteiger partial charge in [0, 0.05) is 23.8 Å². The van der Waals surface area contributed by atoms with Gasteiger partial charge in [-0.15, -0.1) is 0 Å². The summed E-state index contributed by atoms with van der Waals surface area (Å²) in [4.78, 5) is 48.9. The monoisotopic (exact) mass is 761 g/mol. The highest BCUT2D eigenvalue weighted by molar-refractivity contribution is 6.30. The molecule has 0 fully saturated rings. The Kier molecular flexibility index (Phi) is 11.8. The van der Waals surface area contributed by atoms with E-state index >= 15 is 0 Å². The summed E-state index contributed by atoms with van der Waals surface area (Å²) in [5.41, 5.74) is 2.69. The minimum atomic E-state index is -0.730. The summed E-state index contributed by atoms with van der Waals surface area (Å²) >= 11 is 12.8. The van der Waals surface area contributed by atoms with Crippen molar-refractivity contribution < 1.29 is 23.8 Å². The molecule has 53 heavy (non-hydrogen) atoms. The van der Waals surface area contributed by atoms with Gasteiger partial charge in [0.1, 0.15) is 27.8 Å². The van der Waals surface area contributed by atoms with Crippen molar-refractivity contribution in [3.05, 3.63) is 115 Å². The van der Waals surface area contributed by atoms with Crippen LogP contribution in [-0.2, 0) is 11.3 Å². The highest BCUT2D eigenvalue weighted by Gasteiger charge is 2.31. The molecule has 5 aromatic rings. The second-order valence-electron chi connectivity index (χ2n) is 13.5. The van der Waals surface area contributed by atoms with Gasteiger partial charge in [-0.2, -0.15) is 10.1 Å². The number of carbonyl (C=O) groups is 2. The van der Waals surface area contributed by atoms with Crippen LogP contribution in [0.1, 0.15) is 79.5 Å². The summed E-state index contributed by atoms with van der Waals surface area (Å²) in [6.45, 7) is 9.46. The number of hydrogen-bond donors (Lipinski definition) is 1. The third kappa shape index (κ3) is 8.81. The Morgan fingerprint density at radius 1 is 1.04 bits per heavy atom. The lowest BCUT2D eigenvalue weighted by atomic mass is 9.92. The maximum Gasteiger partial charge on any atom is 0.416 e. The molecule has 15 heteroatoms. The molecule has 0 aliphatic carbocycles. The molecule has 0 saturated heterocycles. The molecular weight excluding hydrogens is 721 g/mol. The number of aromatic nitrogens is 5. The fourth-order valence-corrected chi connectivity index (χ4v) is 6.02. The maximum absolute atomic E-state index is 13.2. The smallest absolute Gasteiger partial charge is 0.416 e. The van der Waals surface area contributed by atoms with Crippen molar-refractivity contribution in [2.75, 3.05) is 31.5 Å². The average Bonchev–Trinajstić information content (AvgIpc) is 3.51. The third-order valence-corrected chi connectivity index (χ3v) is 8.64. The van der Waals surface area contributed by atoms with Crippen LogP contribution in [0.15, 0.2) is 71.8 Å². The maximum atomic E-state index is 13.2. The molecule has 1 N–H and O–H groups in total. The second-order valence-corrected chi connectivity index (χ2v) is 14.3. The Morgan fingerprint density at radius 3 is 2.30 bits per heavy atom. The number of rotatable bonds is 12. The molecule has 13 nitrogen and oxygen atoms in total. The van der Waals surface area contributed by atoms with Crippen molar-refractivity contribution in [1.82, 2.24) is 24.3 Å². The summed E-state index contributed by atoms with van der Waals surface area (Å²) in [5.74, 6) is 0.633. The van der Waals surface area contributed by atoms with E-state index in [9.17, 15) is 14.4 Å². The van der Waals surface area contributed by atoms with Gasteiger partial charge in [0.15, 0.2) is 6.29 Å². The third-order valence-electron chi connectivity index (χ3n) is 8.12. The first-order valence-electron chi connectivity index (χ1n) is 16.6. The van der Waals surface area contributed by atoms with Crippen molar-refractivity contribution in [2.24, 2.45) is 0 Å². The first kappa shape index (κ1) is 38.8. The van der Waals surface area contributed by atoms with E-state index in [2.05, 4.69) is 15.3 Å². The quantitative estimate of drug-likeness (QED) is 0.126. The van der Waals surface area contributed by atoms with Gasteiger partial charge in [0.25, 0.3) is 5.56 Å². The molecule has 0 aliphatic rings. The van der Waals surface area contributed by atoms with Gasteiger partial charge in [0.2, 0.25) is 11.8 Å². The topological polar surface area (TPSA) is 143 Å². The number of benzene rings is 2. The van der Waals surface area contributed by atoms with E-state index in [0.717, 1.165) is 11.1 Å². The largest absolute Gasteiger partial charge is 0.497 e. The minimum absolute atomic E-state index is 0.00656. The van der Waals surface area contributed by atoms with Crippen molar-refractivity contribution >= 4 is 47.2 Å². The van der Waals surface area contributed by atoms with Crippen LogP contribution < -0.4 is 25.2 Å². The minimum Gasteiger partial charge on any atom is -0.497 e. The van der Waals surface area contributed by atoms with Crippen LogP contribution >= 0.6 is 23.2 Å². The van der Waals surface area contributed by atoms with Gasteiger partial charge in [-0.3, -0.25) is 9.59 Å². The van der Waals surface area contributed by atoms with Crippen LogP contribution in [0, 0.1) is 0 Å². The average molecular weight is 763 g/mol. The van der Waals surface area contributed by atoms with Gasteiger partial charge in [-0.1, -0.05) is 61.3 Å². The van der Waals surface area contributed by atoms with Crippen LogP contribution in [0.3, 0.4) is 0 Å². The first-order valence-corrected chi connectivity index (χ1v) is 17.4. The highest BCUT2D eigenvalue weighted by Crippen LogP contribution is 2.38. The van der Waals surface area contributed by atoms with Crippen molar-refractivity contribution in [2.45, 2.75) is 58.7 Å². The summed E-state index contributed by atoms with van der Waals surface area (Å²) in [6, 6.07) is 15.4. The Hall–Kier alpha value is -5.40. The van der Waals surface area contributed by atoms with Crippen molar-refractivity contribution in [3.8, 4) is 17.3 Å². The van der Waals surface area contributed by atoms with Gasteiger partial charge in [0.05, 0.1) is 44.4 Å². The lowest BCUT2D eigenvalue weighted by Crippen LogP contribution is -2.35. The SMILES string of the molecule is COc1ccc(Cn2cc(NC(c3ccc(Cl)cc3)c3c(C=O)nn(-c4cnc(N(C)C(=O)OC(C)(C)C)nc4OC)c3C(C)C)cc(Cl)c2=O)cc1. The summed E-state index contributed by atoms with van der Waals surface area (Å²) in [5, 5.41) is 8.79. The molecule has 1 unspecified atom stereocenters. The fourth-order valence-electron chi connectivity index (χ4n) is 5.67. The molecule has 1 amide bonds. The number of aldehydes is 1. The zero-order chi connectivity index (χ0) is 38.6. The van der Waals surface area contributed by atoms with Crippen LogP contribution in [0.25, 0.3) is 5.69 Å². The van der Waals surface area contributed by atoms with E-state index in [1.165, 1.54) is 29.8 Å². The van der Waals surface area contributed by atoms with E-state index in [0.29, 0.717) is 39.7 Å². The second kappa shape index (κ2) is 16.1. The molecule has 0 saturated carbocycles. The number of anilines is 2. The molecule has 1 atom stereocenters. The normalized spacial score (nSPS) is 12.0. The molecule has 3 aromatic heterocycles. The van der Waals surface area contributed by atoms with E-state index in [4.69, 9.17) is 42.5 Å². The van der Waals surface area contributed by atoms with Crippen LogP contribution in [0.2, 0.25) is 10.0 Å². The van der Waals surface area contributed by atoms with Gasteiger partial charge >= 0.3 is 6.09 Å². The number of amides is 1.